The van der Waals surface area contributed by atoms with Crippen molar-refractivity contribution >= 4 is 27.5 Å². The monoisotopic (exact) mass is 464 g/mol. The van der Waals surface area contributed by atoms with E-state index in [2.05, 4.69) is 21.0 Å². The highest BCUT2D eigenvalue weighted by atomic mass is 79.9. The Kier molecular flexibility index (Phi) is 5.75. The number of nitrogens with zero attached hydrogens (tertiary/aromatic N) is 2. The van der Waals surface area contributed by atoms with E-state index in [-0.39, 0.29) is 17.4 Å². The van der Waals surface area contributed by atoms with Gasteiger partial charge in [0.1, 0.15) is 23.8 Å². The van der Waals surface area contributed by atoms with Gasteiger partial charge in [0, 0.05) is 6.42 Å². The standard InChI is InChI=1S/C17H13BrF4N2O4/c18-10-3-1-2-4-12(10)27-8-9-5-6-13(28-9)15(25)24-17(26,16(21)22)7-11(23-24)14(19)20/h1-6,14,16,26H,7-8H2/t17-/m0/s1. The first-order valence-corrected chi connectivity index (χ1v) is 8.68. The molecule has 0 saturated heterocycles. The van der Waals surface area contributed by atoms with Crippen LogP contribution >= 0.6 is 15.9 Å². The average molecular weight is 465 g/mol. The van der Waals surface area contributed by atoms with Crippen molar-refractivity contribution in [3.63, 3.8) is 0 Å². The van der Waals surface area contributed by atoms with Crippen molar-refractivity contribution in [1.82, 2.24) is 5.01 Å². The topological polar surface area (TPSA) is 75.3 Å². The Labute approximate surface area is 164 Å². The number of alkyl halides is 4. The van der Waals surface area contributed by atoms with Gasteiger partial charge in [-0.3, -0.25) is 4.79 Å². The molecule has 0 spiro atoms. The molecule has 1 aromatic heterocycles. The summed E-state index contributed by atoms with van der Waals surface area (Å²) >= 11 is 3.30. The Morgan fingerprint density at radius 3 is 2.64 bits per heavy atom. The summed E-state index contributed by atoms with van der Waals surface area (Å²) in [5.74, 6) is -1.05. The minimum atomic E-state index is -3.51. The Bertz CT molecular complexity index is 905. The van der Waals surface area contributed by atoms with Gasteiger partial charge in [-0.05, 0) is 40.2 Å². The number of ether oxygens (including phenoxy) is 1. The van der Waals surface area contributed by atoms with Crippen LogP contribution in [0.5, 0.6) is 5.75 Å². The molecule has 0 bridgehead atoms. The summed E-state index contributed by atoms with van der Waals surface area (Å²) in [5.41, 5.74) is -4.18. The maximum atomic E-state index is 13.2. The molecule has 11 heteroatoms. The molecule has 2 heterocycles. The van der Waals surface area contributed by atoms with Crippen LogP contribution in [0, 0.1) is 0 Å². The number of hydrazone groups is 1. The number of halogens is 5. The molecule has 1 aliphatic heterocycles. The van der Waals surface area contributed by atoms with E-state index < -0.39 is 42.4 Å². The lowest BCUT2D eigenvalue weighted by Gasteiger charge is -2.29. The van der Waals surface area contributed by atoms with E-state index in [9.17, 15) is 27.5 Å². The lowest BCUT2D eigenvalue weighted by atomic mass is 10.1. The molecule has 0 saturated carbocycles. The van der Waals surface area contributed by atoms with Crippen LogP contribution in [-0.2, 0) is 6.61 Å². The maximum absolute atomic E-state index is 13.2. The van der Waals surface area contributed by atoms with Crippen molar-refractivity contribution in [3.05, 3.63) is 52.4 Å². The molecule has 1 aromatic carbocycles. The smallest absolute Gasteiger partial charge is 0.312 e. The van der Waals surface area contributed by atoms with Crippen LogP contribution in [0.1, 0.15) is 22.7 Å². The van der Waals surface area contributed by atoms with E-state index in [1.54, 1.807) is 24.3 Å². The van der Waals surface area contributed by atoms with Crippen molar-refractivity contribution in [1.29, 1.82) is 0 Å². The zero-order valence-electron chi connectivity index (χ0n) is 14.0. The molecule has 0 unspecified atom stereocenters. The Morgan fingerprint density at radius 1 is 1.29 bits per heavy atom. The van der Waals surface area contributed by atoms with Gasteiger partial charge in [-0.15, -0.1) is 0 Å². The number of benzene rings is 1. The fourth-order valence-electron chi connectivity index (χ4n) is 2.49. The van der Waals surface area contributed by atoms with Crippen molar-refractivity contribution in [3.8, 4) is 5.75 Å². The van der Waals surface area contributed by atoms with E-state index in [4.69, 9.17) is 9.15 Å². The SMILES string of the molecule is O=C(c1ccc(COc2ccccc2Br)o1)N1N=C(C(F)F)C[C@]1(O)C(F)F. The number of furan rings is 1. The summed E-state index contributed by atoms with van der Waals surface area (Å²) in [6.07, 6.45) is -7.86. The summed E-state index contributed by atoms with van der Waals surface area (Å²) in [7, 11) is 0. The van der Waals surface area contributed by atoms with Gasteiger partial charge in [0.15, 0.2) is 5.76 Å². The predicted molar refractivity (Wildman–Crippen MR) is 92.4 cm³/mol. The third kappa shape index (κ3) is 3.90. The Balaban J connectivity index is 1.76. The fraction of sp³-hybridized carbons (Fsp3) is 0.294. The number of para-hydroxylation sites is 1. The van der Waals surface area contributed by atoms with Gasteiger partial charge in [0.2, 0.25) is 5.72 Å². The quantitative estimate of drug-likeness (QED) is 0.654. The van der Waals surface area contributed by atoms with Gasteiger partial charge in [-0.25, -0.2) is 17.6 Å². The highest BCUT2D eigenvalue weighted by molar-refractivity contribution is 9.10. The van der Waals surface area contributed by atoms with Gasteiger partial charge in [0.05, 0.1) is 4.47 Å². The average Bonchev–Trinajstić information content (AvgIpc) is 3.26. The Hall–Kier alpha value is -2.40. The molecule has 6 nitrogen and oxygen atoms in total. The van der Waals surface area contributed by atoms with Crippen LogP contribution in [0.25, 0.3) is 0 Å². The maximum Gasteiger partial charge on any atom is 0.312 e. The molecule has 0 fully saturated rings. The molecule has 0 radical (unpaired) electrons. The second-order valence-corrected chi connectivity index (χ2v) is 6.70. The molecule has 1 atom stereocenters. The molecule has 150 valence electrons. The van der Waals surface area contributed by atoms with Crippen LogP contribution in [0.3, 0.4) is 0 Å². The predicted octanol–water partition coefficient (Wildman–Crippen LogP) is 4.04. The third-order valence-electron chi connectivity index (χ3n) is 3.91. The second-order valence-electron chi connectivity index (χ2n) is 5.85. The molecule has 3 rings (SSSR count). The van der Waals surface area contributed by atoms with Gasteiger partial charge in [-0.2, -0.15) is 10.1 Å². The summed E-state index contributed by atoms with van der Waals surface area (Å²) in [4.78, 5) is 12.4. The first-order valence-electron chi connectivity index (χ1n) is 7.89. The largest absolute Gasteiger partial charge is 0.484 e. The van der Waals surface area contributed by atoms with Crippen molar-refractivity contribution in [2.45, 2.75) is 31.6 Å². The minimum absolute atomic E-state index is 0.0591. The first-order chi connectivity index (χ1) is 13.2. The summed E-state index contributed by atoms with van der Waals surface area (Å²) in [6.45, 7) is -0.0828. The number of aliphatic hydroxyl groups is 1. The van der Waals surface area contributed by atoms with Crippen LogP contribution in [0.15, 0.2) is 50.4 Å². The summed E-state index contributed by atoms with van der Waals surface area (Å²) in [6, 6.07) is 9.49. The van der Waals surface area contributed by atoms with E-state index in [0.717, 1.165) is 6.07 Å². The summed E-state index contributed by atoms with van der Waals surface area (Å²) in [5, 5.41) is 13.1. The highest BCUT2D eigenvalue weighted by Gasteiger charge is 2.53. The lowest BCUT2D eigenvalue weighted by Crippen LogP contribution is -2.51. The normalized spacial score (nSPS) is 19.4. The number of carbonyl (C=O) groups excluding carboxylic acids is 1. The highest BCUT2D eigenvalue weighted by Crippen LogP contribution is 2.34. The minimum Gasteiger partial charge on any atom is -0.484 e. The molecule has 2 aromatic rings. The molecular formula is C17H13BrF4N2O4. The van der Waals surface area contributed by atoms with Crippen LogP contribution in [-0.4, -0.2) is 40.3 Å². The van der Waals surface area contributed by atoms with Gasteiger partial charge in [-0.1, -0.05) is 12.1 Å². The lowest BCUT2D eigenvalue weighted by molar-refractivity contribution is -0.164. The van der Waals surface area contributed by atoms with E-state index in [1.165, 1.54) is 6.07 Å². The molecule has 1 aliphatic rings. The molecule has 1 N–H and O–H groups in total. The Morgan fingerprint density at radius 2 is 2.00 bits per heavy atom. The van der Waals surface area contributed by atoms with Crippen molar-refractivity contribution in [2.75, 3.05) is 0 Å². The zero-order valence-corrected chi connectivity index (χ0v) is 15.6. The third-order valence-corrected chi connectivity index (χ3v) is 4.56. The number of hydrogen-bond acceptors (Lipinski definition) is 5. The van der Waals surface area contributed by atoms with Crippen molar-refractivity contribution in [2.24, 2.45) is 5.10 Å². The molecule has 1 amide bonds. The fourth-order valence-corrected chi connectivity index (χ4v) is 2.89. The summed E-state index contributed by atoms with van der Waals surface area (Å²) < 4.78 is 63.5. The van der Waals surface area contributed by atoms with E-state index >= 15 is 0 Å². The number of rotatable bonds is 6. The van der Waals surface area contributed by atoms with Crippen LogP contribution in [0.2, 0.25) is 0 Å². The first kappa shape index (κ1) is 20.3. The van der Waals surface area contributed by atoms with Crippen LogP contribution in [0.4, 0.5) is 17.6 Å². The molecule has 28 heavy (non-hydrogen) atoms. The van der Waals surface area contributed by atoms with Gasteiger partial charge >= 0.3 is 5.91 Å². The van der Waals surface area contributed by atoms with E-state index in [1.807, 2.05) is 0 Å². The zero-order chi connectivity index (χ0) is 20.5. The molecule has 0 aliphatic carbocycles. The van der Waals surface area contributed by atoms with Crippen molar-refractivity contribution < 1.29 is 36.6 Å². The number of hydrogen-bond donors (Lipinski definition) is 1. The van der Waals surface area contributed by atoms with E-state index in [0.29, 0.717) is 10.2 Å². The van der Waals surface area contributed by atoms with Gasteiger partial charge < -0.3 is 14.3 Å². The number of carbonyl (C=O) groups is 1. The van der Waals surface area contributed by atoms with Gasteiger partial charge in [0.25, 0.3) is 12.9 Å². The second kappa shape index (κ2) is 7.92. The molecular weight excluding hydrogens is 452 g/mol. The van der Waals surface area contributed by atoms with Crippen LogP contribution < -0.4 is 4.74 Å². The number of amides is 1.